The van der Waals surface area contributed by atoms with E-state index in [0.717, 1.165) is 25.8 Å². The zero-order valence-corrected chi connectivity index (χ0v) is 21.4. The molecule has 0 saturated carbocycles. The van der Waals surface area contributed by atoms with Crippen molar-refractivity contribution in [3.05, 3.63) is 135 Å². The Morgan fingerprint density at radius 3 is 2.08 bits per heavy atom. The van der Waals surface area contributed by atoms with Crippen molar-refractivity contribution in [2.45, 2.75) is 13.2 Å². The fourth-order valence-corrected chi connectivity index (χ4v) is 4.17. The first-order chi connectivity index (χ1) is 17.6. The molecule has 0 fully saturated rings. The van der Waals surface area contributed by atoms with E-state index in [2.05, 4.69) is 27.6 Å². The number of ether oxygens (including phenoxy) is 3. The Morgan fingerprint density at radius 1 is 0.750 bits per heavy atom. The molecule has 0 N–H and O–H groups in total. The highest BCUT2D eigenvalue weighted by atomic mass is 127. The number of rotatable bonds is 8. The molecule has 1 heterocycles. The lowest BCUT2D eigenvalue weighted by atomic mass is 10.1. The Labute approximate surface area is 223 Å². The largest absolute Gasteiger partial charge is 0.485 e. The molecule has 0 radical (unpaired) electrons. The lowest BCUT2D eigenvalue weighted by Crippen LogP contribution is -2.05. The minimum atomic E-state index is -0.486. The highest BCUT2D eigenvalue weighted by Gasteiger charge is 2.24. The maximum absolute atomic E-state index is 12.5. The molecule has 4 aromatic carbocycles. The van der Waals surface area contributed by atoms with Crippen LogP contribution in [0.15, 0.2) is 114 Å². The quantitative estimate of drug-likeness (QED) is 0.129. The molecule has 36 heavy (non-hydrogen) atoms. The number of hydrogen-bond acceptors (Lipinski definition) is 5. The van der Waals surface area contributed by atoms with Crippen molar-refractivity contribution in [1.82, 2.24) is 0 Å². The number of esters is 1. The van der Waals surface area contributed by atoms with E-state index in [0.29, 0.717) is 30.6 Å². The van der Waals surface area contributed by atoms with E-state index in [-0.39, 0.29) is 5.70 Å². The minimum absolute atomic E-state index is 0.232. The Balaban J connectivity index is 1.41. The fraction of sp³-hybridized carbons (Fsp3) is 0.0667. The van der Waals surface area contributed by atoms with Gasteiger partial charge in [0.1, 0.15) is 13.2 Å². The van der Waals surface area contributed by atoms with Crippen LogP contribution in [0, 0.1) is 3.57 Å². The van der Waals surface area contributed by atoms with Gasteiger partial charge in [0.2, 0.25) is 5.90 Å². The third-order valence-electron chi connectivity index (χ3n) is 5.44. The summed E-state index contributed by atoms with van der Waals surface area (Å²) < 4.78 is 18.7. The summed E-state index contributed by atoms with van der Waals surface area (Å²) in [6.07, 6.45) is 1.69. The average Bonchev–Trinajstić information content (AvgIpc) is 3.28. The van der Waals surface area contributed by atoms with E-state index in [1.165, 1.54) is 0 Å². The number of nitrogens with zero attached hydrogens (tertiary/aromatic N) is 1. The minimum Gasteiger partial charge on any atom is -0.485 e. The van der Waals surface area contributed by atoms with E-state index in [1.54, 1.807) is 6.08 Å². The van der Waals surface area contributed by atoms with Gasteiger partial charge in [-0.15, -0.1) is 0 Å². The maximum Gasteiger partial charge on any atom is 0.363 e. The molecule has 0 saturated heterocycles. The highest BCUT2D eigenvalue weighted by molar-refractivity contribution is 14.1. The Morgan fingerprint density at radius 2 is 1.42 bits per heavy atom. The van der Waals surface area contributed by atoms with Gasteiger partial charge in [-0.1, -0.05) is 72.8 Å². The number of carbonyl (C=O) groups is 1. The van der Waals surface area contributed by atoms with Crippen LogP contribution in [0.1, 0.15) is 22.3 Å². The van der Waals surface area contributed by atoms with Crippen LogP contribution >= 0.6 is 22.6 Å². The van der Waals surface area contributed by atoms with Crippen LogP contribution in [0.2, 0.25) is 0 Å². The standard InChI is InChI=1S/C30H22INO4/c31-25-13-7-12-24(18-25)29-32-26(30(33)36-29)16-23-14-15-27(34-19-21-8-3-1-4-9-21)28(17-23)35-20-22-10-5-2-6-11-22/h1-18H,19-20H2. The third kappa shape index (κ3) is 6.01. The predicted molar refractivity (Wildman–Crippen MR) is 148 cm³/mol. The second-order valence-electron chi connectivity index (χ2n) is 8.10. The molecule has 1 aliphatic rings. The van der Waals surface area contributed by atoms with E-state index in [1.807, 2.05) is 103 Å². The maximum atomic E-state index is 12.5. The first kappa shape index (κ1) is 23.8. The number of hydrogen-bond donors (Lipinski definition) is 0. The van der Waals surface area contributed by atoms with Crippen molar-refractivity contribution >= 4 is 40.5 Å². The molecular formula is C30H22INO4. The molecule has 5 nitrogen and oxygen atoms in total. The highest BCUT2D eigenvalue weighted by Crippen LogP contribution is 2.31. The van der Waals surface area contributed by atoms with Gasteiger partial charge in [-0.25, -0.2) is 9.79 Å². The Hall–Kier alpha value is -3.91. The van der Waals surface area contributed by atoms with E-state index >= 15 is 0 Å². The number of cyclic esters (lactones) is 1. The molecule has 0 atom stereocenters. The first-order valence-corrected chi connectivity index (χ1v) is 12.5. The van der Waals surface area contributed by atoms with Crippen LogP contribution in [0.3, 0.4) is 0 Å². The molecule has 0 aromatic heterocycles. The van der Waals surface area contributed by atoms with Gasteiger partial charge >= 0.3 is 5.97 Å². The Bertz CT molecular complexity index is 1430. The molecule has 0 spiro atoms. The zero-order valence-electron chi connectivity index (χ0n) is 19.3. The van der Waals surface area contributed by atoms with E-state index in [4.69, 9.17) is 14.2 Å². The van der Waals surface area contributed by atoms with Crippen molar-refractivity contribution in [1.29, 1.82) is 0 Å². The first-order valence-electron chi connectivity index (χ1n) is 11.4. The van der Waals surface area contributed by atoms with Crippen molar-refractivity contribution < 1.29 is 19.0 Å². The molecule has 0 aliphatic carbocycles. The van der Waals surface area contributed by atoms with Gasteiger partial charge in [0.05, 0.1) is 0 Å². The summed E-state index contributed by atoms with van der Waals surface area (Å²) in [7, 11) is 0. The number of aliphatic imine (C=N–C) groups is 1. The molecular weight excluding hydrogens is 565 g/mol. The van der Waals surface area contributed by atoms with Gasteiger partial charge < -0.3 is 14.2 Å². The van der Waals surface area contributed by atoms with E-state index < -0.39 is 5.97 Å². The average molecular weight is 587 g/mol. The van der Waals surface area contributed by atoms with Crippen molar-refractivity contribution in [2.75, 3.05) is 0 Å². The molecule has 0 unspecified atom stereocenters. The van der Waals surface area contributed by atoms with Crippen LogP contribution in [0.4, 0.5) is 0 Å². The van der Waals surface area contributed by atoms with Gasteiger partial charge in [0, 0.05) is 9.13 Å². The fourth-order valence-electron chi connectivity index (χ4n) is 3.63. The van der Waals surface area contributed by atoms with E-state index in [9.17, 15) is 4.79 Å². The SMILES string of the molecule is O=C1OC(c2cccc(I)c2)=NC1=Cc1ccc(OCc2ccccc2)c(OCc2ccccc2)c1. The van der Waals surface area contributed by atoms with Gasteiger partial charge in [0.15, 0.2) is 17.2 Å². The topological polar surface area (TPSA) is 57.1 Å². The van der Waals surface area contributed by atoms with Crippen LogP contribution in [-0.4, -0.2) is 11.9 Å². The number of halogens is 1. The van der Waals surface area contributed by atoms with Crippen LogP contribution < -0.4 is 9.47 Å². The summed E-state index contributed by atoms with van der Waals surface area (Å²) in [4.78, 5) is 16.9. The molecule has 4 aromatic rings. The van der Waals surface area contributed by atoms with Gasteiger partial charge in [0.25, 0.3) is 0 Å². The zero-order chi connectivity index (χ0) is 24.7. The van der Waals surface area contributed by atoms with Crippen molar-refractivity contribution in [2.24, 2.45) is 4.99 Å². The van der Waals surface area contributed by atoms with Crippen LogP contribution in [0.25, 0.3) is 6.08 Å². The lowest BCUT2D eigenvalue weighted by molar-refractivity contribution is -0.129. The lowest BCUT2D eigenvalue weighted by Gasteiger charge is -2.14. The summed E-state index contributed by atoms with van der Waals surface area (Å²) in [5.74, 6) is 1.01. The Kier molecular flexibility index (Phi) is 7.42. The number of benzene rings is 4. The monoisotopic (exact) mass is 587 g/mol. The van der Waals surface area contributed by atoms with Gasteiger partial charge in [-0.3, -0.25) is 0 Å². The van der Waals surface area contributed by atoms with Crippen LogP contribution in [0.5, 0.6) is 11.5 Å². The summed E-state index contributed by atoms with van der Waals surface area (Å²) >= 11 is 2.21. The predicted octanol–water partition coefficient (Wildman–Crippen LogP) is 6.79. The smallest absolute Gasteiger partial charge is 0.363 e. The summed E-state index contributed by atoms with van der Waals surface area (Å²) in [5, 5.41) is 0. The normalized spacial score (nSPS) is 13.9. The molecule has 5 rings (SSSR count). The van der Waals surface area contributed by atoms with Gasteiger partial charge in [-0.2, -0.15) is 0 Å². The second-order valence-corrected chi connectivity index (χ2v) is 9.35. The third-order valence-corrected chi connectivity index (χ3v) is 6.11. The van der Waals surface area contributed by atoms with Crippen molar-refractivity contribution in [3.8, 4) is 11.5 Å². The van der Waals surface area contributed by atoms with Gasteiger partial charge in [-0.05, 0) is 75.7 Å². The molecule has 0 bridgehead atoms. The molecule has 1 aliphatic heterocycles. The summed E-state index contributed by atoms with van der Waals surface area (Å²) in [6.45, 7) is 0.804. The number of carbonyl (C=O) groups excluding carboxylic acids is 1. The summed E-state index contributed by atoms with van der Waals surface area (Å²) in [5.41, 5.74) is 3.85. The molecule has 6 heteroatoms. The van der Waals surface area contributed by atoms with Crippen molar-refractivity contribution in [3.63, 3.8) is 0 Å². The summed E-state index contributed by atoms with van der Waals surface area (Å²) in [6, 6.07) is 33.1. The second kappa shape index (κ2) is 11.2. The molecule has 178 valence electrons. The van der Waals surface area contributed by atoms with Crippen LogP contribution in [-0.2, 0) is 22.7 Å². The molecule has 0 amide bonds.